The molecular formula is C23H37IN6O. The first-order valence-electron chi connectivity index (χ1n) is 11.1. The second-order valence-corrected chi connectivity index (χ2v) is 8.07. The van der Waals surface area contributed by atoms with E-state index < -0.39 is 0 Å². The second-order valence-electron chi connectivity index (χ2n) is 8.07. The number of halogens is 1. The van der Waals surface area contributed by atoms with Gasteiger partial charge in [-0.2, -0.15) is 0 Å². The van der Waals surface area contributed by atoms with Crippen LogP contribution in [0.15, 0.2) is 35.3 Å². The van der Waals surface area contributed by atoms with E-state index in [1.807, 2.05) is 25.5 Å². The normalized spacial score (nSPS) is 15.5. The smallest absolute Gasteiger partial charge is 0.191 e. The van der Waals surface area contributed by atoms with E-state index in [1.165, 1.54) is 31.2 Å². The van der Waals surface area contributed by atoms with E-state index >= 15 is 0 Å². The fourth-order valence-electron chi connectivity index (χ4n) is 4.10. The Balaban J connectivity index is 0.00000341. The number of nitrogens with one attached hydrogen (secondary N) is 2. The molecule has 1 aromatic heterocycles. The zero-order valence-corrected chi connectivity index (χ0v) is 21.4. The Morgan fingerprint density at radius 3 is 2.55 bits per heavy atom. The molecule has 0 atom stereocenters. The molecular weight excluding hydrogens is 503 g/mol. The van der Waals surface area contributed by atoms with Crippen LogP contribution < -0.4 is 10.6 Å². The number of benzene rings is 1. The van der Waals surface area contributed by atoms with E-state index in [1.54, 1.807) is 0 Å². The van der Waals surface area contributed by atoms with Crippen LogP contribution >= 0.6 is 24.0 Å². The first-order valence-corrected chi connectivity index (χ1v) is 11.1. The van der Waals surface area contributed by atoms with Crippen molar-refractivity contribution in [3.05, 3.63) is 47.5 Å². The Bertz CT molecular complexity index is 802. The molecule has 0 spiro atoms. The first kappa shape index (κ1) is 25.6. The Kier molecular flexibility index (Phi) is 10.7. The highest BCUT2D eigenvalue weighted by atomic mass is 127. The van der Waals surface area contributed by atoms with Crippen LogP contribution in [0.4, 0.5) is 0 Å². The van der Waals surface area contributed by atoms with Crippen molar-refractivity contribution in [1.82, 2.24) is 25.4 Å². The number of ether oxygens (including phenoxy) is 1. The summed E-state index contributed by atoms with van der Waals surface area (Å²) in [4.78, 5) is 4.80. The van der Waals surface area contributed by atoms with Crippen molar-refractivity contribution in [1.29, 1.82) is 0 Å². The van der Waals surface area contributed by atoms with Crippen LogP contribution in [0.25, 0.3) is 0 Å². The zero-order valence-electron chi connectivity index (χ0n) is 19.1. The molecule has 31 heavy (non-hydrogen) atoms. The molecule has 172 valence electrons. The monoisotopic (exact) mass is 540 g/mol. The maximum atomic E-state index is 5.46. The van der Waals surface area contributed by atoms with Crippen LogP contribution in [0, 0.1) is 6.92 Å². The lowest BCUT2D eigenvalue weighted by Gasteiger charge is -2.31. The van der Waals surface area contributed by atoms with Gasteiger partial charge in [-0.25, -0.2) is 4.99 Å². The minimum absolute atomic E-state index is 0. The highest BCUT2D eigenvalue weighted by Gasteiger charge is 2.35. The summed E-state index contributed by atoms with van der Waals surface area (Å²) in [5.41, 5.74) is 1.60. The van der Waals surface area contributed by atoms with E-state index in [0.29, 0.717) is 6.54 Å². The molecule has 1 aromatic carbocycles. The van der Waals surface area contributed by atoms with Gasteiger partial charge >= 0.3 is 0 Å². The van der Waals surface area contributed by atoms with Gasteiger partial charge < -0.3 is 19.9 Å². The van der Waals surface area contributed by atoms with E-state index in [4.69, 9.17) is 9.73 Å². The molecule has 1 saturated carbocycles. The molecule has 1 heterocycles. The summed E-state index contributed by atoms with van der Waals surface area (Å²) >= 11 is 0. The predicted molar refractivity (Wildman–Crippen MR) is 136 cm³/mol. The topological polar surface area (TPSA) is 76.4 Å². The first-order chi connectivity index (χ1) is 14.6. The number of aliphatic imine (C=N–C) groups is 1. The van der Waals surface area contributed by atoms with Gasteiger partial charge in [-0.3, -0.25) is 0 Å². The van der Waals surface area contributed by atoms with Gasteiger partial charge in [0, 0.05) is 38.8 Å². The molecule has 0 unspecified atom stereocenters. The SMILES string of the molecule is CCOCCCNC(=NCc1nnc(C)n1C)NCC1(c2ccccc2)CCCC1.I. The standard InChI is InChI=1S/C23H36N6O.HI/c1-4-30-16-10-15-24-22(25-17-21-28-27-19(2)29(21)3)26-18-23(13-8-9-14-23)20-11-6-5-7-12-20;/h5-7,11-12H,4,8-10,13-18H2,1-3H3,(H2,24,25,26);1H. The minimum Gasteiger partial charge on any atom is -0.382 e. The fraction of sp³-hybridized carbons (Fsp3) is 0.609. The fourth-order valence-corrected chi connectivity index (χ4v) is 4.10. The summed E-state index contributed by atoms with van der Waals surface area (Å²) in [6, 6.07) is 10.9. The highest BCUT2D eigenvalue weighted by molar-refractivity contribution is 14.0. The van der Waals surface area contributed by atoms with Crippen molar-refractivity contribution in [2.24, 2.45) is 12.0 Å². The van der Waals surface area contributed by atoms with Crippen LogP contribution in [0.2, 0.25) is 0 Å². The van der Waals surface area contributed by atoms with Gasteiger partial charge in [0.1, 0.15) is 12.4 Å². The lowest BCUT2D eigenvalue weighted by Crippen LogP contribution is -2.45. The van der Waals surface area contributed by atoms with E-state index in [9.17, 15) is 0 Å². The molecule has 0 radical (unpaired) electrons. The lowest BCUT2D eigenvalue weighted by atomic mass is 9.79. The third-order valence-corrected chi connectivity index (χ3v) is 6.06. The average Bonchev–Trinajstić information content (AvgIpc) is 3.38. The van der Waals surface area contributed by atoms with Crippen LogP contribution in [0.3, 0.4) is 0 Å². The molecule has 8 heteroatoms. The number of rotatable bonds is 10. The number of aromatic nitrogens is 3. The van der Waals surface area contributed by atoms with E-state index in [2.05, 4.69) is 51.2 Å². The molecule has 1 aliphatic carbocycles. The Morgan fingerprint density at radius 2 is 1.90 bits per heavy atom. The van der Waals surface area contributed by atoms with Crippen molar-refractivity contribution in [2.45, 2.75) is 57.9 Å². The number of hydrogen-bond acceptors (Lipinski definition) is 4. The second kappa shape index (κ2) is 13.0. The third-order valence-electron chi connectivity index (χ3n) is 6.06. The summed E-state index contributed by atoms with van der Waals surface area (Å²) in [5, 5.41) is 15.5. The summed E-state index contributed by atoms with van der Waals surface area (Å²) in [7, 11) is 1.98. The van der Waals surface area contributed by atoms with Crippen molar-refractivity contribution in [3.8, 4) is 0 Å². The summed E-state index contributed by atoms with van der Waals surface area (Å²) < 4.78 is 7.44. The maximum Gasteiger partial charge on any atom is 0.191 e. The summed E-state index contributed by atoms with van der Waals surface area (Å²) in [5.74, 6) is 2.59. The van der Waals surface area contributed by atoms with Gasteiger partial charge in [-0.15, -0.1) is 34.2 Å². The van der Waals surface area contributed by atoms with Gasteiger partial charge in [0.25, 0.3) is 0 Å². The average molecular weight is 540 g/mol. The quantitative estimate of drug-likeness (QED) is 0.208. The van der Waals surface area contributed by atoms with Gasteiger partial charge in [0.15, 0.2) is 11.8 Å². The molecule has 3 rings (SSSR count). The third kappa shape index (κ3) is 7.17. The Labute approximate surface area is 203 Å². The van der Waals surface area contributed by atoms with Crippen LogP contribution in [0.1, 0.15) is 56.2 Å². The van der Waals surface area contributed by atoms with Crippen LogP contribution in [0.5, 0.6) is 0 Å². The summed E-state index contributed by atoms with van der Waals surface area (Å²) in [6.07, 6.45) is 5.93. The molecule has 0 saturated heterocycles. The number of hydrogen-bond donors (Lipinski definition) is 2. The van der Waals surface area contributed by atoms with E-state index in [0.717, 1.165) is 50.3 Å². The molecule has 0 bridgehead atoms. The zero-order chi connectivity index (χ0) is 21.2. The predicted octanol–water partition coefficient (Wildman–Crippen LogP) is 3.72. The maximum absolute atomic E-state index is 5.46. The Morgan fingerprint density at radius 1 is 1.16 bits per heavy atom. The molecule has 2 aromatic rings. The number of nitrogens with zero attached hydrogens (tertiary/aromatic N) is 4. The van der Waals surface area contributed by atoms with Gasteiger partial charge in [0.2, 0.25) is 0 Å². The lowest BCUT2D eigenvalue weighted by molar-refractivity contribution is 0.145. The van der Waals surface area contributed by atoms with Crippen molar-refractivity contribution in [3.63, 3.8) is 0 Å². The molecule has 2 N–H and O–H groups in total. The van der Waals surface area contributed by atoms with Crippen molar-refractivity contribution >= 4 is 29.9 Å². The highest BCUT2D eigenvalue weighted by Crippen LogP contribution is 2.40. The van der Waals surface area contributed by atoms with Gasteiger partial charge in [-0.1, -0.05) is 43.2 Å². The summed E-state index contributed by atoms with van der Waals surface area (Å²) in [6.45, 7) is 7.69. The minimum atomic E-state index is 0. The number of guanidine groups is 1. The van der Waals surface area contributed by atoms with Crippen LogP contribution in [-0.4, -0.2) is 47.0 Å². The molecule has 7 nitrogen and oxygen atoms in total. The van der Waals surface area contributed by atoms with Crippen molar-refractivity contribution in [2.75, 3.05) is 26.3 Å². The van der Waals surface area contributed by atoms with Gasteiger partial charge in [0.05, 0.1) is 0 Å². The Hall–Kier alpha value is -1.68. The largest absolute Gasteiger partial charge is 0.382 e. The van der Waals surface area contributed by atoms with Crippen LogP contribution in [-0.2, 0) is 23.7 Å². The molecule has 1 fully saturated rings. The van der Waals surface area contributed by atoms with E-state index in [-0.39, 0.29) is 29.4 Å². The van der Waals surface area contributed by atoms with Gasteiger partial charge in [-0.05, 0) is 38.7 Å². The molecule has 0 amide bonds. The van der Waals surface area contributed by atoms with Crippen molar-refractivity contribution < 1.29 is 4.74 Å². The number of aryl methyl sites for hydroxylation is 1. The molecule has 0 aliphatic heterocycles. The molecule has 1 aliphatic rings.